The molecule has 0 saturated carbocycles. The Labute approximate surface area is 120 Å². The normalized spacial score (nSPS) is 13.6. The molecule has 2 unspecified atom stereocenters. The number of nitrogens with two attached hydrogens (primary N) is 1. The Bertz CT molecular complexity index is 506. The van der Waals surface area contributed by atoms with Gasteiger partial charge in [-0.25, -0.2) is 4.79 Å². The second kappa shape index (κ2) is 7.28. The fourth-order valence-electron chi connectivity index (χ4n) is 1.58. The molecule has 110 valence electrons. The first-order chi connectivity index (χ1) is 9.36. The third-order valence-electron chi connectivity index (χ3n) is 2.65. The van der Waals surface area contributed by atoms with Gasteiger partial charge in [-0.3, -0.25) is 4.79 Å². The van der Waals surface area contributed by atoms with Crippen LogP contribution in [-0.2, 0) is 9.53 Å². The molecule has 4 N–H and O–H groups in total. The van der Waals surface area contributed by atoms with Crippen molar-refractivity contribution in [3.8, 4) is 0 Å². The van der Waals surface area contributed by atoms with Crippen LogP contribution in [0.3, 0.4) is 0 Å². The van der Waals surface area contributed by atoms with Crippen molar-refractivity contribution in [2.24, 2.45) is 0 Å². The Morgan fingerprint density at radius 2 is 2.05 bits per heavy atom. The number of anilines is 1. The number of methoxy groups -OCH3 is 1. The molecule has 7 heteroatoms. The van der Waals surface area contributed by atoms with Gasteiger partial charge in [0.25, 0.3) is 0 Å². The lowest BCUT2D eigenvalue weighted by molar-refractivity contribution is -0.109. The van der Waals surface area contributed by atoms with Crippen LogP contribution in [0.1, 0.15) is 28.9 Å². The van der Waals surface area contributed by atoms with E-state index in [9.17, 15) is 19.8 Å². The van der Waals surface area contributed by atoms with E-state index in [0.717, 1.165) is 11.8 Å². The minimum absolute atomic E-state index is 0.0401. The first-order valence-corrected chi connectivity index (χ1v) is 6.82. The fourth-order valence-corrected chi connectivity index (χ4v) is 2.16. The van der Waals surface area contributed by atoms with Gasteiger partial charge >= 0.3 is 5.97 Å². The molecule has 0 radical (unpaired) electrons. The maximum Gasteiger partial charge on any atom is 0.337 e. The maximum atomic E-state index is 11.4. The quantitative estimate of drug-likeness (QED) is 0.543. The lowest BCUT2D eigenvalue weighted by atomic mass is 10.0. The molecule has 0 saturated heterocycles. The molecule has 6 nitrogen and oxygen atoms in total. The number of ether oxygens (including phenoxy) is 1. The number of benzene rings is 1. The third-order valence-corrected chi connectivity index (χ3v) is 3.56. The van der Waals surface area contributed by atoms with Crippen LogP contribution in [0.15, 0.2) is 18.2 Å². The smallest absolute Gasteiger partial charge is 0.337 e. The van der Waals surface area contributed by atoms with Gasteiger partial charge in [-0.05, 0) is 18.2 Å². The molecule has 0 spiro atoms. The zero-order valence-electron chi connectivity index (χ0n) is 11.2. The van der Waals surface area contributed by atoms with Crippen LogP contribution in [0.4, 0.5) is 5.69 Å². The second-order valence-corrected chi connectivity index (χ2v) is 5.35. The van der Waals surface area contributed by atoms with Crippen molar-refractivity contribution in [1.82, 2.24) is 0 Å². The highest BCUT2D eigenvalue weighted by atomic mass is 32.2. The molecular formula is C13H17NO5S. The number of carbonyl (C=O) groups excluding carboxylic acids is 2. The Morgan fingerprint density at radius 1 is 1.40 bits per heavy atom. The summed E-state index contributed by atoms with van der Waals surface area (Å²) in [5.74, 6) is -0.524. The van der Waals surface area contributed by atoms with Gasteiger partial charge < -0.3 is 20.7 Å². The van der Waals surface area contributed by atoms with Crippen molar-refractivity contribution in [2.75, 3.05) is 18.6 Å². The average Bonchev–Trinajstić information content (AvgIpc) is 2.43. The van der Waals surface area contributed by atoms with E-state index < -0.39 is 18.2 Å². The standard InChI is InChI=1S/C13H17NO5S/c1-7(15)20-6-11(16)12(17)9-5-8(13(18)19-2)3-4-10(9)14/h3-5,11-12,16-17H,6,14H2,1-2H3. The topological polar surface area (TPSA) is 110 Å². The molecule has 0 aliphatic carbocycles. The van der Waals surface area contributed by atoms with Crippen LogP contribution in [0.5, 0.6) is 0 Å². The van der Waals surface area contributed by atoms with E-state index in [4.69, 9.17) is 5.73 Å². The summed E-state index contributed by atoms with van der Waals surface area (Å²) in [5, 5.41) is 19.7. The molecule has 0 bridgehead atoms. The number of nitrogen functional groups attached to an aromatic ring is 1. The fraction of sp³-hybridized carbons (Fsp3) is 0.385. The van der Waals surface area contributed by atoms with Crippen molar-refractivity contribution in [3.05, 3.63) is 29.3 Å². The van der Waals surface area contributed by atoms with Crippen LogP contribution in [0.25, 0.3) is 0 Å². The predicted molar refractivity (Wildman–Crippen MR) is 76.3 cm³/mol. The van der Waals surface area contributed by atoms with E-state index in [1.54, 1.807) is 0 Å². The van der Waals surface area contributed by atoms with E-state index in [2.05, 4.69) is 4.74 Å². The number of carbonyl (C=O) groups is 2. The average molecular weight is 299 g/mol. The number of thioether (sulfide) groups is 1. The molecule has 1 rings (SSSR count). The van der Waals surface area contributed by atoms with Gasteiger partial charge in [0.05, 0.1) is 18.8 Å². The number of aliphatic hydroxyl groups is 2. The van der Waals surface area contributed by atoms with Crippen molar-refractivity contribution in [3.63, 3.8) is 0 Å². The van der Waals surface area contributed by atoms with Crippen molar-refractivity contribution in [1.29, 1.82) is 0 Å². The monoisotopic (exact) mass is 299 g/mol. The zero-order chi connectivity index (χ0) is 15.3. The van der Waals surface area contributed by atoms with E-state index in [1.165, 1.54) is 32.2 Å². The summed E-state index contributed by atoms with van der Waals surface area (Å²) in [4.78, 5) is 22.3. The number of esters is 1. The summed E-state index contributed by atoms with van der Waals surface area (Å²) in [6, 6.07) is 4.29. The molecule has 2 atom stereocenters. The lowest BCUT2D eigenvalue weighted by Crippen LogP contribution is -2.22. The highest BCUT2D eigenvalue weighted by molar-refractivity contribution is 8.13. The molecule has 0 heterocycles. The molecule has 0 aromatic heterocycles. The SMILES string of the molecule is COC(=O)c1ccc(N)c(C(O)C(O)CSC(C)=O)c1. The van der Waals surface area contributed by atoms with E-state index >= 15 is 0 Å². The van der Waals surface area contributed by atoms with Gasteiger partial charge in [0.1, 0.15) is 6.10 Å². The molecule has 1 aromatic carbocycles. The maximum absolute atomic E-state index is 11.4. The van der Waals surface area contributed by atoms with Gasteiger partial charge in [-0.1, -0.05) is 11.8 Å². The largest absolute Gasteiger partial charge is 0.465 e. The first kappa shape index (κ1) is 16.5. The van der Waals surface area contributed by atoms with Gasteiger partial charge in [-0.2, -0.15) is 0 Å². The zero-order valence-corrected chi connectivity index (χ0v) is 12.0. The van der Waals surface area contributed by atoms with Gasteiger partial charge in [0.2, 0.25) is 0 Å². The summed E-state index contributed by atoms with van der Waals surface area (Å²) < 4.78 is 4.58. The summed E-state index contributed by atoms with van der Waals surface area (Å²) in [6.45, 7) is 1.37. The minimum Gasteiger partial charge on any atom is -0.465 e. The minimum atomic E-state index is -1.29. The predicted octanol–water partition coefficient (Wildman–Crippen LogP) is 0.729. The highest BCUT2D eigenvalue weighted by Gasteiger charge is 2.22. The van der Waals surface area contributed by atoms with Crippen LogP contribution < -0.4 is 5.73 Å². The molecule has 0 aliphatic rings. The van der Waals surface area contributed by atoms with Gasteiger partial charge in [-0.15, -0.1) is 0 Å². The lowest BCUT2D eigenvalue weighted by Gasteiger charge is -2.19. The van der Waals surface area contributed by atoms with Crippen molar-refractivity contribution in [2.45, 2.75) is 19.1 Å². The van der Waals surface area contributed by atoms with E-state index in [1.807, 2.05) is 0 Å². The van der Waals surface area contributed by atoms with Crippen LogP contribution in [-0.4, -0.2) is 40.3 Å². The van der Waals surface area contributed by atoms with E-state index in [0.29, 0.717) is 0 Å². The molecule has 0 amide bonds. The number of hydrogen-bond donors (Lipinski definition) is 3. The molecule has 1 aromatic rings. The first-order valence-electron chi connectivity index (χ1n) is 5.84. The van der Waals surface area contributed by atoms with Gasteiger partial charge in [0.15, 0.2) is 5.12 Å². The van der Waals surface area contributed by atoms with Crippen LogP contribution >= 0.6 is 11.8 Å². The Morgan fingerprint density at radius 3 is 2.60 bits per heavy atom. The van der Waals surface area contributed by atoms with Crippen molar-refractivity contribution >= 4 is 28.5 Å². The summed E-state index contributed by atoms with van der Waals surface area (Å²) in [7, 11) is 1.24. The Kier molecular flexibility index (Phi) is 6.00. The molecule has 0 fully saturated rings. The Hall–Kier alpha value is -1.57. The van der Waals surface area contributed by atoms with Crippen molar-refractivity contribution < 1.29 is 24.5 Å². The highest BCUT2D eigenvalue weighted by Crippen LogP contribution is 2.26. The third kappa shape index (κ3) is 4.22. The molecule has 20 heavy (non-hydrogen) atoms. The second-order valence-electron chi connectivity index (χ2n) is 4.15. The summed E-state index contributed by atoms with van der Waals surface area (Å²) in [5.41, 5.74) is 6.43. The summed E-state index contributed by atoms with van der Waals surface area (Å²) in [6.07, 6.45) is -2.45. The molecule has 0 aliphatic heterocycles. The van der Waals surface area contributed by atoms with Gasteiger partial charge in [0, 0.05) is 23.9 Å². The summed E-state index contributed by atoms with van der Waals surface area (Å²) >= 11 is 0.902. The number of aliphatic hydroxyl groups excluding tert-OH is 2. The van der Waals surface area contributed by atoms with Crippen LogP contribution in [0.2, 0.25) is 0 Å². The molecular weight excluding hydrogens is 282 g/mol. The number of rotatable bonds is 5. The van der Waals surface area contributed by atoms with Crippen LogP contribution in [0, 0.1) is 0 Å². The Balaban J connectivity index is 2.93. The number of hydrogen-bond acceptors (Lipinski definition) is 7. The van der Waals surface area contributed by atoms with E-state index in [-0.39, 0.29) is 27.7 Å².